The zero-order valence-corrected chi connectivity index (χ0v) is 26.9. The van der Waals surface area contributed by atoms with Gasteiger partial charge in [-0.15, -0.1) is 0 Å². The molecule has 5 nitrogen and oxygen atoms in total. The highest BCUT2D eigenvalue weighted by atomic mass is 15.5. The van der Waals surface area contributed by atoms with Gasteiger partial charge in [0.25, 0.3) is 0 Å². The van der Waals surface area contributed by atoms with E-state index in [-0.39, 0.29) is 5.41 Å². The van der Waals surface area contributed by atoms with Gasteiger partial charge >= 0.3 is 0 Å². The molecule has 1 heterocycles. The summed E-state index contributed by atoms with van der Waals surface area (Å²) in [6, 6.07) is 0.687. The fraction of sp³-hybridized carbons (Fsp3) is 1.00. The van der Waals surface area contributed by atoms with E-state index in [1.807, 2.05) is 0 Å². The predicted molar refractivity (Wildman–Crippen MR) is 162 cm³/mol. The molecule has 4 fully saturated rings. The quantitative estimate of drug-likeness (QED) is 0.419. The van der Waals surface area contributed by atoms with E-state index in [2.05, 4.69) is 77.0 Å². The summed E-state index contributed by atoms with van der Waals surface area (Å²) in [6.07, 6.45) is 11.3. The van der Waals surface area contributed by atoms with Crippen molar-refractivity contribution in [3.63, 3.8) is 0 Å². The first kappa shape index (κ1) is 30.8. The lowest BCUT2D eigenvalue weighted by atomic mass is 9.61. The van der Waals surface area contributed by atoms with Gasteiger partial charge in [0.15, 0.2) is 0 Å². The molecule has 6 atom stereocenters. The van der Waals surface area contributed by atoms with Crippen LogP contribution in [0.1, 0.15) is 120 Å². The molecule has 5 heteroatoms. The summed E-state index contributed by atoms with van der Waals surface area (Å²) >= 11 is 0. The fourth-order valence-electron chi connectivity index (χ4n) is 11.2. The second kappa shape index (κ2) is 10.9. The van der Waals surface area contributed by atoms with Gasteiger partial charge in [0.05, 0.1) is 20.0 Å². The Morgan fingerprint density at radius 3 is 1.61 bits per heavy atom. The number of nitrogens with two attached hydrogens (primary N) is 2. The monoisotopic (exact) mass is 532 g/mol. The van der Waals surface area contributed by atoms with Gasteiger partial charge in [-0.05, 0) is 96.7 Å². The third kappa shape index (κ3) is 8.41. The van der Waals surface area contributed by atoms with Crippen molar-refractivity contribution >= 4 is 0 Å². The summed E-state index contributed by atoms with van der Waals surface area (Å²) in [6.45, 7) is 29.1. The van der Waals surface area contributed by atoms with Gasteiger partial charge in [-0.25, -0.2) is 0 Å². The molecule has 38 heavy (non-hydrogen) atoms. The van der Waals surface area contributed by atoms with Gasteiger partial charge < -0.3 is 11.5 Å². The van der Waals surface area contributed by atoms with Crippen molar-refractivity contribution in [1.29, 1.82) is 0 Å². The Morgan fingerprint density at radius 2 is 1.08 bits per heavy atom. The standard InChI is InChI=1S/C33H65N5/c1-25-11-30(4,5)18-32(8,12-25)20-37-22-36(17-26-10-27(34)14-29(2,3)13-26)23-38(24-37)21-33(9)16-28(35)15-31(6,7)19-33/h25-28H,10-24,34-35H2,1-9H3. The third-order valence-electron chi connectivity index (χ3n) is 10.3. The maximum absolute atomic E-state index is 6.64. The molecule has 4 rings (SSSR count). The number of nitrogens with zero attached hydrogens (tertiary/aromatic N) is 3. The zero-order chi connectivity index (χ0) is 28.1. The summed E-state index contributed by atoms with van der Waals surface area (Å²) in [7, 11) is 0. The van der Waals surface area contributed by atoms with E-state index >= 15 is 0 Å². The highest BCUT2D eigenvalue weighted by Crippen LogP contribution is 2.49. The van der Waals surface area contributed by atoms with Gasteiger partial charge in [0.1, 0.15) is 0 Å². The molecule has 1 saturated heterocycles. The largest absolute Gasteiger partial charge is 0.328 e. The van der Waals surface area contributed by atoms with E-state index in [9.17, 15) is 0 Å². The molecule has 0 bridgehead atoms. The molecule has 4 aliphatic rings. The highest BCUT2D eigenvalue weighted by molar-refractivity contribution is 4.97. The van der Waals surface area contributed by atoms with Crippen LogP contribution in [0, 0.1) is 38.9 Å². The van der Waals surface area contributed by atoms with Crippen LogP contribution in [0.4, 0.5) is 0 Å². The highest BCUT2D eigenvalue weighted by Gasteiger charge is 2.44. The second-order valence-corrected chi connectivity index (χ2v) is 18.4. The first-order valence-corrected chi connectivity index (χ1v) is 16.0. The molecule has 4 N–H and O–H groups in total. The predicted octanol–water partition coefficient (Wildman–Crippen LogP) is 6.33. The van der Waals surface area contributed by atoms with Crippen LogP contribution in [0.5, 0.6) is 0 Å². The van der Waals surface area contributed by atoms with Crippen molar-refractivity contribution < 1.29 is 0 Å². The molecule has 0 amide bonds. The lowest BCUT2D eigenvalue weighted by Gasteiger charge is -2.53. The van der Waals surface area contributed by atoms with Gasteiger partial charge in [0, 0.05) is 31.7 Å². The van der Waals surface area contributed by atoms with Crippen molar-refractivity contribution in [3.05, 3.63) is 0 Å². The summed E-state index contributed by atoms with van der Waals surface area (Å²) in [5.74, 6) is 1.52. The molecular formula is C33H65N5. The van der Waals surface area contributed by atoms with Crippen LogP contribution < -0.4 is 11.5 Å². The molecule has 0 aromatic rings. The van der Waals surface area contributed by atoms with Crippen molar-refractivity contribution in [2.75, 3.05) is 39.6 Å². The molecule has 3 aliphatic carbocycles. The minimum absolute atomic E-state index is 0.288. The molecule has 0 spiro atoms. The van der Waals surface area contributed by atoms with Crippen LogP contribution >= 0.6 is 0 Å². The molecule has 0 aromatic carbocycles. The van der Waals surface area contributed by atoms with Crippen LogP contribution in [0.3, 0.4) is 0 Å². The van der Waals surface area contributed by atoms with Gasteiger partial charge in [-0.2, -0.15) is 0 Å². The van der Waals surface area contributed by atoms with E-state index < -0.39 is 0 Å². The smallest absolute Gasteiger partial charge is 0.0530 e. The van der Waals surface area contributed by atoms with Crippen molar-refractivity contribution in [1.82, 2.24) is 14.7 Å². The van der Waals surface area contributed by atoms with Crippen LogP contribution in [0.25, 0.3) is 0 Å². The van der Waals surface area contributed by atoms with Crippen LogP contribution in [-0.4, -0.2) is 66.4 Å². The normalized spacial score (nSPS) is 42.7. The summed E-state index contributed by atoms with van der Waals surface area (Å²) in [5, 5.41) is 0. The Kier molecular flexibility index (Phi) is 8.82. The third-order valence-corrected chi connectivity index (χ3v) is 10.3. The maximum atomic E-state index is 6.64. The Morgan fingerprint density at radius 1 is 0.579 bits per heavy atom. The second-order valence-electron chi connectivity index (χ2n) is 18.4. The summed E-state index contributed by atoms with van der Waals surface area (Å²) in [5.41, 5.74) is 15.0. The van der Waals surface area contributed by atoms with Crippen molar-refractivity contribution in [3.8, 4) is 0 Å². The Hall–Kier alpha value is -0.200. The fourth-order valence-corrected chi connectivity index (χ4v) is 11.2. The molecule has 222 valence electrons. The van der Waals surface area contributed by atoms with Crippen molar-refractivity contribution in [2.45, 2.75) is 132 Å². The number of hydrogen-bond donors (Lipinski definition) is 2. The molecular weight excluding hydrogens is 466 g/mol. The van der Waals surface area contributed by atoms with Gasteiger partial charge in [-0.3, -0.25) is 14.7 Å². The molecule has 0 radical (unpaired) electrons. The SMILES string of the molecule is CC1CC(C)(C)CC(C)(CN2CN(CC3CC(N)CC(C)(C)C3)CN(CC3(C)CC(N)CC(C)(C)C3)C2)C1. The van der Waals surface area contributed by atoms with Crippen LogP contribution in [0.2, 0.25) is 0 Å². The average Bonchev–Trinajstić information content (AvgIpc) is 2.60. The van der Waals surface area contributed by atoms with Gasteiger partial charge in [0.2, 0.25) is 0 Å². The number of hydrogen-bond acceptors (Lipinski definition) is 5. The van der Waals surface area contributed by atoms with E-state index in [1.54, 1.807) is 0 Å². The lowest BCUT2D eigenvalue weighted by Crippen LogP contribution is -2.60. The molecule has 1 aliphatic heterocycles. The maximum Gasteiger partial charge on any atom is 0.0530 e. The average molecular weight is 532 g/mol. The van der Waals surface area contributed by atoms with Crippen molar-refractivity contribution in [2.24, 2.45) is 50.4 Å². The minimum atomic E-state index is 0.288. The minimum Gasteiger partial charge on any atom is -0.328 e. The van der Waals surface area contributed by atoms with Gasteiger partial charge in [-0.1, -0.05) is 62.3 Å². The summed E-state index contributed by atoms with van der Waals surface area (Å²) < 4.78 is 0. The molecule has 0 aromatic heterocycles. The Labute approximate surface area is 236 Å². The van der Waals surface area contributed by atoms with E-state index in [0.717, 1.165) is 45.3 Å². The van der Waals surface area contributed by atoms with Crippen LogP contribution in [0.15, 0.2) is 0 Å². The van der Waals surface area contributed by atoms with Crippen LogP contribution in [-0.2, 0) is 0 Å². The van der Waals surface area contributed by atoms with E-state index in [4.69, 9.17) is 11.5 Å². The summed E-state index contributed by atoms with van der Waals surface area (Å²) in [4.78, 5) is 8.37. The number of rotatable bonds is 6. The molecule has 6 unspecified atom stereocenters. The Balaban J connectivity index is 1.50. The molecule has 3 saturated carbocycles. The first-order valence-electron chi connectivity index (χ1n) is 16.0. The van der Waals surface area contributed by atoms with E-state index in [0.29, 0.717) is 39.7 Å². The zero-order valence-electron chi connectivity index (χ0n) is 26.9. The lowest BCUT2D eigenvalue weighted by molar-refractivity contribution is -0.0875. The topological polar surface area (TPSA) is 61.8 Å². The van der Waals surface area contributed by atoms with E-state index in [1.165, 1.54) is 58.0 Å². The Bertz CT molecular complexity index is 759. The first-order chi connectivity index (χ1) is 17.3.